The zero-order valence-electron chi connectivity index (χ0n) is 15.2. The van der Waals surface area contributed by atoms with E-state index in [-0.39, 0.29) is 11.6 Å². The van der Waals surface area contributed by atoms with Crippen molar-refractivity contribution in [1.29, 1.82) is 0 Å². The molecule has 7 nitrogen and oxygen atoms in total. The second kappa shape index (κ2) is 7.28. The van der Waals surface area contributed by atoms with Crippen LogP contribution in [-0.2, 0) is 18.3 Å². The molecule has 1 aromatic heterocycles. The highest BCUT2D eigenvalue weighted by molar-refractivity contribution is 5.97. The van der Waals surface area contributed by atoms with Crippen LogP contribution in [0, 0.1) is 0 Å². The first-order valence-corrected chi connectivity index (χ1v) is 9.01. The maximum Gasteiger partial charge on any atom is 0.326 e. The normalized spacial score (nSPS) is 14.5. The van der Waals surface area contributed by atoms with Crippen LogP contribution in [0.25, 0.3) is 11.0 Å². The lowest BCUT2D eigenvalue weighted by molar-refractivity contribution is 0.0951. The minimum atomic E-state index is -0.193. The highest BCUT2D eigenvalue weighted by Gasteiger charge is 2.15. The number of para-hydroxylation sites is 1. The van der Waals surface area contributed by atoms with Crippen molar-refractivity contribution < 1.29 is 9.53 Å². The number of H-pyrrole nitrogens is 1. The molecule has 2 heterocycles. The van der Waals surface area contributed by atoms with Crippen molar-refractivity contribution in [3.63, 3.8) is 0 Å². The fraction of sp³-hybridized carbons (Fsp3) is 0.300. The van der Waals surface area contributed by atoms with Crippen molar-refractivity contribution in [2.45, 2.75) is 6.54 Å². The van der Waals surface area contributed by atoms with E-state index in [0.29, 0.717) is 17.6 Å². The second-order valence-corrected chi connectivity index (χ2v) is 6.63. The Balaban J connectivity index is 1.51. The van der Waals surface area contributed by atoms with E-state index in [1.165, 1.54) is 4.57 Å². The summed E-state index contributed by atoms with van der Waals surface area (Å²) >= 11 is 0. The van der Waals surface area contributed by atoms with Crippen molar-refractivity contribution in [1.82, 2.24) is 14.9 Å². The van der Waals surface area contributed by atoms with Crippen LogP contribution in [0.5, 0.6) is 0 Å². The van der Waals surface area contributed by atoms with E-state index in [9.17, 15) is 9.59 Å². The fourth-order valence-electron chi connectivity index (χ4n) is 3.42. The van der Waals surface area contributed by atoms with Crippen molar-refractivity contribution in [2.24, 2.45) is 7.05 Å². The summed E-state index contributed by atoms with van der Waals surface area (Å²) in [7, 11) is 1.68. The summed E-state index contributed by atoms with van der Waals surface area (Å²) in [6, 6.07) is 13.3. The first-order valence-electron chi connectivity index (χ1n) is 9.01. The number of anilines is 1. The molecule has 0 unspecified atom stereocenters. The SMILES string of the molecule is Cn1c(=O)[nH]c2ccc(C(=O)NCc3ccccc3N3CCOCC3)cc21. The number of nitrogens with one attached hydrogen (secondary N) is 2. The number of nitrogens with zero attached hydrogens (tertiary/aromatic N) is 2. The maximum absolute atomic E-state index is 12.6. The minimum Gasteiger partial charge on any atom is -0.378 e. The van der Waals surface area contributed by atoms with Crippen molar-refractivity contribution in [3.8, 4) is 0 Å². The van der Waals surface area contributed by atoms with Gasteiger partial charge in [0.15, 0.2) is 0 Å². The van der Waals surface area contributed by atoms with Gasteiger partial charge in [0.25, 0.3) is 5.91 Å². The molecule has 1 amide bonds. The van der Waals surface area contributed by atoms with Gasteiger partial charge >= 0.3 is 5.69 Å². The number of fused-ring (bicyclic) bond motifs is 1. The van der Waals surface area contributed by atoms with E-state index in [2.05, 4.69) is 21.3 Å². The Hall–Kier alpha value is -3.06. The number of aryl methyl sites for hydroxylation is 1. The molecule has 0 bridgehead atoms. The Bertz CT molecular complexity index is 1030. The molecule has 140 valence electrons. The molecular weight excluding hydrogens is 344 g/mol. The summed E-state index contributed by atoms with van der Waals surface area (Å²) in [6.45, 7) is 3.58. The smallest absolute Gasteiger partial charge is 0.326 e. The van der Waals surface area contributed by atoms with Crippen LogP contribution >= 0.6 is 0 Å². The first kappa shape index (κ1) is 17.4. The Morgan fingerprint density at radius 2 is 1.96 bits per heavy atom. The Morgan fingerprint density at radius 3 is 2.78 bits per heavy atom. The number of carbonyl (C=O) groups excluding carboxylic acids is 1. The van der Waals surface area contributed by atoms with E-state index in [1.54, 1.807) is 25.2 Å². The first-order chi connectivity index (χ1) is 13.1. The molecule has 27 heavy (non-hydrogen) atoms. The van der Waals surface area contributed by atoms with Gasteiger partial charge < -0.3 is 19.9 Å². The lowest BCUT2D eigenvalue weighted by Crippen LogP contribution is -2.37. The third-order valence-corrected chi connectivity index (χ3v) is 4.95. The van der Waals surface area contributed by atoms with Crippen LogP contribution in [0.4, 0.5) is 5.69 Å². The number of amides is 1. The van der Waals surface area contributed by atoms with Crippen LogP contribution in [0.1, 0.15) is 15.9 Å². The third kappa shape index (κ3) is 3.46. The topological polar surface area (TPSA) is 79.4 Å². The predicted molar refractivity (Wildman–Crippen MR) is 104 cm³/mol. The van der Waals surface area contributed by atoms with E-state index in [4.69, 9.17) is 4.74 Å². The van der Waals surface area contributed by atoms with Crippen molar-refractivity contribution in [3.05, 3.63) is 64.1 Å². The van der Waals surface area contributed by atoms with E-state index >= 15 is 0 Å². The number of carbonyl (C=O) groups is 1. The zero-order valence-corrected chi connectivity index (χ0v) is 15.2. The minimum absolute atomic E-state index is 0.165. The van der Waals surface area contributed by atoms with Crippen LogP contribution in [0.15, 0.2) is 47.3 Å². The molecule has 1 aliphatic rings. The largest absolute Gasteiger partial charge is 0.378 e. The summed E-state index contributed by atoms with van der Waals surface area (Å²) in [5, 5.41) is 2.99. The van der Waals surface area contributed by atoms with Gasteiger partial charge in [0.1, 0.15) is 0 Å². The van der Waals surface area contributed by atoms with Gasteiger partial charge in [-0.3, -0.25) is 9.36 Å². The average Bonchev–Trinajstić information content (AvgIpc) is 3.00. The quantitative estimate of drug-likeness (QED) is 0.736. The number of benzene rings is 2. The summed E-state index contributed by atoms with van der Waals surface area (Å²) < 4.78 is 6.93. The molecule has 3 aromatic rings. The number of imidazole rings is 1. The third-order valence-electron chi connectivity index (χ3n) is 4.95. The van der Waals surface area contributed by atoms with Gasteiger partial charge in [-0.25, -0.2) is 4.79 Å². The van der Waals surface area contributed by atoms with Gasteiger partial charge in [0.2, 0.25) is 0 Å². The number of hydrogen-bond acceptors (Lipinski definition) is 4. The Labute approximate surface area is 156 Å². The highest BCUT2D eigenvalue weighted by atomic mass is 16.5. The summed E-state index contributed by atoms with van der Waals surface area (Å²) in [4.78, 5) is 29.4. The molecular formula is C20H22N4O3. The molecule has 4 rings (SSSR count). The Morgan fingerprint density at radius 1 is 1.19 bits per heavy atom. The van der Waals surface area contributed by atoms with Crippen molar-refractivity contribution >= 4 is 22.6 Å². The molecule has 0 saturated carbocycles. The van der Waals surface area contributed by atoms with Crippen LogP contribution in [0.2, 0.25) is 0 Å². The Kier molecular flexibility index (Phi) is 4.68. The lowest BCUT2D eigenvalue weighted by atomic mass is 10.1. The number of aromatic nitrogens is 2. The number of rotatable bonds is 4. The maximum atomic E-state index is 12.6. The fourth-order valence-corrected chi connectivity index (χ4v) is 3.42. The molecule has 1 aliphatic heterocycles. The number of morpholine rings is 1. The van der Waals surface area contributed by atoms with E-state index in [1.807, 2.05) is 18.2 Å². The van der Waals surface area contributed by atoms with Crippen LogP contribution in [0.3, 0.4) is 0 Å². The summed E-state index contributed by atoms with van der Waals surface area (Å²) in [6.07, 6.45) is 0. The monoisotopic (exact) mass is 366 g/mol. The van der Waals surface area contributed by atoms with Gasteiger partial charge in [-0.2, -0.15) is 0 Å². The summed E-state index contributed by atoms with van der Waals surface area (Å²) in [5.41, 5.74) is 3.97. The van der Waals surface area contributed by atoms with Gasteiger partial charge in [-0.05, 0) is 29.8 Å². The van der Waals surface area contributed by atoms with Gasteiger partial charge in [-0.1, -0.05) is 18.2 Å². The standard InChI is InChI=1S/C20H22N4O3/c1-23-18-12-14(6-7-16(18)22-20(23)26)19(25)21-13-15-4-2-3-5-17(15)24-8-10-27-11-9-24/h2-7,12H,8-11,13H2,1H3,(H,21,25)(H,22,26). The van der Waals surface area contributed by atoms with Crippen LogP contribution < -0.4 is 15.9 Å². The second-order valence-electron chi connectivity index (χ2n) is 6.63. The van der Waals surface area contributed by atoms with Gasteiger partial charge in [0, 0.05) is 37.9 Å². The molecule has 0 spiro atoms. The lowest BCUT2D eigenvalue weighted by Gasteiger charge is -2.30. The highest BCUT2D eigenvalue weighted by Crippen LogP contribution is 2.21. The van der Waals surface area contributed by atoms with Crippen LogP contribution in [-0.4, -0.2) is 41.8 Å². The number of aromatic amines is 1. The number of hydrogen-bond donors (Lipinski definition) is 2. The van der Waals surface area contributed by atoms with E-state index < -0.39 is 0 Å². The van der Waals surface area contributed by atoms with Gasteiger partial charge in [0.05, 0.1) is 24.2 Å². The molecule has 0 radical (unpaired) electrons. The molecule has 0 atom stereocenters. The molecule has 2 N–H and O–H groups in total. The predicted octanol–water partition coefficient (Wildman–Crippen LogP) is 1.63. The van der Waals surface area contributed by atoms with Crippen molar-refractivity contribution in [2.75, 3.05) is 31.2 Å². The number of ether oxygens (including phenoxy) is 1. The molecule has 1 fully saturated rings. The summed E-state index contributed by atoms with van der Waals surface area (Å²) in [5.74, 6) is -0.165. The van der Waals surface area contributed by atoms with E-state index in [0.717, 1.165) is 43.1 Å². The molecule has 7 heteroatoms. The molecule has 0 aliphatic carbocycles. The average molecular weight is 366 g/mol. The molecule has 2 aromatic carbocycles. The van der Waals surface area contributed by atoms with Gasteiger partial charge in [-0.15, -0.1) is 0 Å². The molecule has 1 saturated heterocycles. The zero-order chi connectivity index (χ0) is 18.8.